The lowest BCUT2D eigenvalue weighted by atomic mass is 10.1. The number of sulfonamides is 1. The number of amides is 2. The predicted molar refractivity (Wildman–Crippen MR) is 82.4 cm³/mol. The fourth-order valence-electron chi connectivity index (χ4n) is 1.64. The lowest BCUT2D eigenvalue weighted by Gasteiger charge is -2.10. The topological polar surface area (TPSA) is 113 Å². The van der Waals surface area contributed by atoms with Crippen molar-refractivity contribution in [1.29, 1.82) is 0 Å². The predicted octanol–water partition coefficient (Wildman–Crippen LogP) is 1.54. The minimum absolute atomic E-state index is 0.456. The molecule has 0 aliphatic carbocycles. The monoisotopic (exact) mass is 326 g/mol. The van der Waals surface area contributed by atoms with E-state index in [4.69, 9.17) is 5.11 Å². The number of nitrogens with one attached hydrogen (secondary N) is 2. The summed E-state index contributed by atoms with van der Waals surface area (Å²) in [7, 11) is -4.03. The zero-order valence-corrected chi connectivity index (χ0v) is 13.1. The van der Waals surface area contributed by atoms with E-state index in [0.717, 1.165) is 11.0 Å². The van der Waals surface area contributed by atoms with E-state index in [1.807, 2.05) is 11.4 Å². The lowest BCUT2D eigenvalue weighted by molar-refractivity contribution is -0.138. The third kappa shape index (κ3) is 5.57. The molecule has 2 amide bonds. The van der Waals surface area contributed by atoms with Gasteiger partial charge in [-0.15, -0.1) is 0 Å². The summed E-state index contributed by atoms with van der Waals surface area (Å²) >= 11 is 0. The Morgan fingerprint density at radius 1 is 1.27 bits per heavy atom. The summed E-state index contributed by atoms with van der Waals surface area (Å²) in [6, 6.07) is 6.60. The van der Waals surface area contributed by atoms with Crippen molar-refractivity contribution >= 4 is 27.6 Å². The van der Waals surface area contributed by atoms with Crippen LogP contribution < -0.4 is 10.0 Å². The largest absolute Gasteiger partial charge is 0.480 e. The first-order chi connectivity index (χ1) is 10.2. The van der Waals surface area contributed by atoms with Gasteiger partial charge < -0.3 is 10.4 Å². The second kappa shape index (κ2) is 7.60. The average molecular weight is 326 g/mol. The zero-order chi connectivity index (χ0) is 16.8. The molecule has 1 atom stereocenters. The van der Waals surface area contributed by atoms with E-state index >= 15 is 0 Å². The van der Waals surface area contributed by atoms with Crippen LogP contribution >= 0.6 is 0 Å². The molecule has 1 unspecified atom stereocenters. The van der Waals surface area contributed by atoms with Crippen LogP contribution in [0.15, 0.2) is 35.7 Å². The van der Waals surface area contributed by atoms with Crippen LogP contribution in [-0.4, -0.2) is 31.6 Å². The van der Waals surface area contributed by atoms with Crippen LogP contribution in [0.5, 0.6) is 0 Å². The van der Waals surface area contributed by atoms with Gasteiger partial charge in [-0.1, -0.05) is 37.3 Å². The number of hydrogen-bond donors (Lipinski definition) is 3. The molecule has 1 rings (SSSR count). The second-order valence-electron chi connectivity index (χ2n) is 4.54. The van der Waals surface area contributed by atoms with Gasteiger partial charge in [-0.3, -0.25) is 4.79 Å². The maximum Gasteiger partial charge on any atom is 0.329 e. The summed E-state index contributed by atoms with van der Waals surface area (Å²) in [5.41, 5.74) is 1.27. The van der Waals surface area contributed by atoms with Gasteiger partial charge in [0.2, 0.25) is 0 Å². The van der Waals surface area contributed by atoms with E-state index in [2.05, 4.69) is 0 Å². The highest BCUT2D eigenvalue weighted by atomic mass is 32.2. The van der Waals surface area contributed by atoms with Crippen molar-refractivity contribution in [3.05, 3.63) is 41.3 Å². The Balaban J connectivity index is 2.87. The number of carboxylic acid groups (broad SMARTS) is 1. The normalized spacial score (nSPS) is 13.3. The number of urea groups is 1. The Morgan fingerprint density at radius 2 is 1.86 bits per heavy atom. The Labute approximate surface area is 129 Å². The molecule has 22 heavy (non-hydrogen) atoms. The number of carbonyl (C=O) groups is 2. The highest BCUT2D eigenvalue weighted by molar-refractivity contribution is 7.93. The number of rotatable bonds is 6. The van der Waals surface area contributed by atoms with Gasteiger partial charge in [0.25, 0.3) is 10.0 Å². The van der Waals surface area contributed by atoms with Crippen LogP contribution in [0, 0.1) is 0 Å². The number of allylic oxidation sites excluding steroid dienone is 1. The molecule has 8 heteroatoms. The van der Waals surface area contributed by atoms with Gasteiger partial charge in [0.15, 0.2) is 0 Å². The second-order valence-corrected chi connectivity index (χ2v) is 6.07. The minimum Gasteiger partial charge on any atom is -0.480 e. The molecule has 3 N–H and O–H groups in total. The van der Waals surface area contributed by atoms with Gasteiger partial charge >= 0.3 is 12.0 Å². The maximum absolute atomic E-state index is 11.9. The summed E-state index contributed by atoms with van der Waals surface area (Å²) in [5.74, 6) is -1.26. The van der Waals surface area contributed by atoms with Crippen LogP contribution in [0.3, 0.4) is 0 Å². The number of benzene rings is 1. The van der Waals surface area contributed by atoms with Gasteiger partial charge in [0.1, 0.15) is 6.04 Å². The molecule has 0 aliphatic rings. The Bertz CT molecular complexity index is 668. The molecule has 0 spiro atoms. The summed E-state index contributed by atoms with van der Waals surface area (Å²) in [6.45, 7) is 3.02. The van der Waals surface area contributed by atoms with Crippen LogP contribution in [0.25, 0.3) is 5.57 Å². The van der Waals surface area contributed by atoms with Crippen LogP contribution in [0.2, 0.25) is 0 Å². The summed E-state index contributed by atoms with van der Waals surface area (Å²) < 4.78 is 25.6. The van der Waals surface area contributed by atoms with Gasteiger partial charge in [-0.05, 0) is 24.5 Å². The Hall–Kier alpha value is -2.35. The van der Waals surface area contributed by atoms with Crippen molar-refractivity contribution in [3.63, 3.8) is 0 Å². The Kier molecular flexibility index (Phi) is 6.11. The molecule has 1 aromatic rings. The van der Waals surface area contributed by atoms with E-state index in [9.17, 15) is 18.0 Å². The standard InChI is InChI=1S/C14H18N2O5S/c1-3-11(12-7-5-4-6-8-12)9-22(20,21)16-14(19)15-10(2)13(17)18/h4-10H,3H2,1-2H3,(H,17,18)(H2,15,16,19)/b11-9-. The van der Waals surface area contributed by atoms with Crippen molar-refractivity contribution < 1.29 is 23.1 Å². The van der Waals surface area contributed by atoms with Gasteiger partial charge in [-0.2, -0.15) is 0 Å². The van der Waals surface area contributed by atoms with Crippen molar-refractivity contribution in [2.45, 2.75) is 26.3 Å². The first kappa shape index (κ1) is 17.7. The van der Waals surface area contributed by atoms with E-state index in [-0.39, 0.29) is 0 Å². The number of carbonyl (C=O) groups excluding carboxylic acids is 1. The zero-order valence-electron chi connectivity index (χ0n) is 12.2. The molecule has 0 saturated carbocycles. The molecule has 1 aromatic carbocycles. The van der Waals surface area contributed by atoms with E-state index < -0.39 is 28.1 Å². The maximum atomic E-state index is 11.9. The lowest BCUT2D eigenvalue weighted by Crippen LogP contribution is -2.45. The summed E-state index contributed by atoms with van der Waals surface area (Å²) in [6.07, 6.45) is 0.456. The Morgan fingerprint density at radius 3 is 2.36 bits per heavy atom. The fourth-order valence-corrected chi connectivity index (χ4v) is 2.70. The molecular formula is C14H18N2O5S. The number of aliphatic carboxylic acids is 1. The van der Waals surface area contributed by atoms with Crippen LogP contribution in [0.1, 0.15) is 25.8 Å². The minimum atomic E-state index is -4.03. The highest BCUT2D eigenvalue weighted by Crippen LogP contribution is 2.18. The summed E-state index contributed by atoms with van der Waals surface area (Å²) in [5, 5.41) is 11.6. The van der Waals surface area contributed by atoms with Crippen molar-refractivity contribution in [1.82, 2.24) is 10.0 Å². The molecule has 0 radical (unpaired) electrons. The SMILES string of the molecule is CC/C(=C/S(=O)(=O)NC(=O)NC(C)C(=O)O)c1ccccc1. The first-order valence-electron chi connectivity index (χ1n) is 6.57. The van der Waals surface area contributed by atoms with Crippen LogP contribution in [0.4, 0.5) is 4.79 Å². The summed E-state index contributed by atoms with van der Waals surface area (Å²) in [4.78, 5) is 22.1. The molecular weight excluding hydrogens is 308 g/mol. The molecule has 0 heterocycles. The molecule has 0 aromatic heterocycles. The molecule has 0 bridgehead atoms. The first-order valence-corrected chi connectivity index (χ1v) is 8.12. The van der Waals surface area contributed by atoms with Gasteiger partial charge in [-0.25, -0.2) is 17.9 Å². The average Bonchev–Trinajstić information content (AvgIpc) is 2.44. The van der Waals surface area contributed by atoms with Crippen molar-refractivity contribution in [2.24, 2.45) is 0 Å². The molecule has 0 fully saturated rings. The third-order valence-corrected chi connectivity index (χ3v) is 3.84. The molecule has 0 saturated heterocycles. The third-order valence-electron chi connectivity index (χ3n) is 2.78. The van der Waals surface area contributed by atoms with Crippen molar-refractivity contribution in [3.8, 4) is 0 Å². The van der Waals surface area contributed by atoms with E-state index in [1.54, 1.807) is 35.9 Å². The molecule has 120 valence electrons. The van der Waals surface area contributed by atoms with E-state index in [1.165, 1.54) is 6.92 Å². The molecule has 7 nitrogen and oxygen atoms in total. The van der Waals surface area contributed by atoms with E-state index in [0.29, 0.717) is 12.0 Å². The molecule has 0 aliphatic heterocycles. The van der Waals surface area contributed by atoms with Crippen molar-refractivity contribution in [2.75, 3.05) is 0 Å². The quantitative estimate of drug-likeness (QED) is 0.734. The van der Waals surface area contributed by atoms with Gasteiger partial charge in [0.05, 0.1) is 5.41 Å². The van der Waals surface area contributed by atoms with Gasteiger partial charge in [0, 0.05) is 0 Å². The smallest absolute Gasteiger partial charge is 0.329 e. The number of carboxylic acids is 1. The highest BCUT2D eigenvalue weighted by Gasteiger charge is 2.18. The van der Waals surface area contributed by atoms with Crippen LogP contribution in [-0.2, 0) is 14.8 Å². The number of hydrogen-bond acceptors (Lipinski definition) is 4. The fraction of sp³-hybridized carbons (Fsp3) is 0.286.